The van der Waals surface area contributed by atoms with Crippen LogP contribution in [-0.2, 0) is 0 Å². The van der Waals surface area contributed by atoms with Crippen LogP contribution in [0.2, 0.25) is 0 Å². The van der Waals surface area contributed by atoms with E-state index in [4.69, 9.17) is 0 Å². The van der Waals surface area contributed by atoms with Gasteiger partial charge in [-0.15, -0.1) is 0 Å². The fraction of sp³-hybridized carbons (Fsp3) is 0. The van der Waals surface area contributed by atoms with Crippen molar-refractivity contribution in [2.24, 2.45) is 0 Å². The molecule has 2 heterocycles. The Morgan fingerprint density at radius 2 is 1.44 bits per heavy atom. The molecular formula is C24H16N2O. The van der Waals surface area contributed by atoms with Crippen LogP contribution >= 0.6 is 0 Å². The molecule has 128 valence electrons. The Kier molecular flexibility index (Phi) is 3.58. The van der Waals surface area contributed by atoms with Crippen molar-refractivity contribution < 1.29 is 4.79 Å². The Bertz CT molecular complexity index is 1270. The van der Waals surface area contributed by atoms with Crippen LogP contribution in [0.25, 0.3) is 27.6 Å². The van der Waals surface area contributed by atoms with Crippen molar-refractivity contribution in [3.05, 3.63) is 108 Å². The van der Waals surface area contributed by atoms with Gasteiger partial charge < -0.3 is 0 Å². The Morgan fingerprint density at radius 1 is 0.704 bits per heavy atom. The lowest BCUT2D eigenvalue weighted by Gasteiger charge is -2.10. The van der Waals surface area contributed by atoms with E-state index in [1.165, 1.54) is 0 Å². The van der Waals surface area contributed by atoms with Crippen LogP contribution in [0.3, 0.4) is 0 Å². The first kappa shape index (κ1) is 15.5. The number of rotatable bonds is 3. The molecule has 0 unspecified atom stereocenters. The zero-order chi connectivity index (χ0) is 18.2. The van der Waals surface area contributed by atoms with Gasteiger partial charge >= 0.3 is 0 Å². The van der Waals surface area contributed by atoms with Crippen LogP contribution in [-0.4, -0.2) is 15.3 Å². The van der Waals surface area contributed by atoms with Crippen LogP contribution in [0.5, 0.6) is 0 Å². The van der Waals surface area contributed by atoms with Crippen molar-refractivity contribution >= 4 is 27.6 Å². The molecule has 0 saturated heterocycles. The minimum Gasteiger partial charge on any atom is -0.293 e. The predicted octanol–water partition coefficient (Wildman–Crippen LogP) is 5.41. The Balaban J connectivity index is 1.90. The summed E-state index contributed by atoms with van der Waals surface area (Å²) < 4.78 is 2.08. The molecule has 0 aliphatic heterocycles. The smallest absolute Gasteiger partial charge is 0.195 e. The standard InChI is InChI=1S/C24H16N2O/c27-24(17-9-2-1-3-10-17)20-13-8-12-19-18-11-4-5-14-21(18)26(23(19)20)22-15-6-7-16-25-22/h1-16H. The largest absolute Gasteiger partial charge is 0.293 e. The van der Waals surface area contributed by atoms with Crippen molar-refractivity contribution in [2.75, 3.05) is 0 Å². The summed E-state index contributed by atoms with van der Waals surface area (Å²) in [7, 11) is 0. The van der Waals surface area contributed by atoms with Crippen molar-refractivity contribution in [3.63, 3.8) is 0 Å². The second-order valence-corrected chi connectivity index (χ2v) is 6.44. The van der Waals surface area contributed by atoms with E-state index < -0.39 is 0 Å². The number of carbonyl (C=O) groups is 1. The van der Waals surface area contributed by atoms with E-state index >= 15 is 0 Å². The van der Waals surface area contributed by atoms with Gasteiger partial charge in [-0.2, -0.15) is 0 Å². The number of hydrogen-bond donors (Lipinski definition) is 0. The van der Waals surface area contributed by atoms with Crippen LogP contribution in [0, 0.1) is 0 Å². The molecule has 3 heteroatoms. The summed E-state index contributed by atoms with van der Waals surface area (Å²) in [6, 6.07) is 29.4. The lowest BCUT2D eigenvalue weighted by atomic mass is 10.0. The quantitative estimate of drug-likeness (QED) is 0.409. The SMILES string of the molecule is O=C(c1ccccc1)c1cccc2c3ccccc3n(-c3ccccn3)c12. The molecule has 0 fully saturated rings. The van der Waals surface area contributed by atoms with Gasteiger partial charge in [0.2, 0.25) is 0 Å². The van der Waals surface area contributed by atoms with Crippen molar-refractivity contribution in [1.82, 2.24) is 9.55 Å². The molecule has 0 spiro atoms. The molecule has 5 aromatic rings. The highest BCUT2D eigenvalue weighted by Crippen LogP contribution is 2.34. The van der Waals surface area contributed by atoms with Gasteiger partial charge in [-0.1, -0.05) is 66.7 Å². The summed E-state index contributed by atoms with van der Waals surface area (Å²) in [4.78, 5) is 17.8. The molecule has 0 aliphatic rings. The summed E-state index contributed by atoms with van der Waals surface area (Å²) in [6.07, 6.45) is 1.78. The second kappa shape index (κ2) is 6.22. The number of aromatic nitrogens is 2. The van der Waals surface area contributed by atoms with Gasteiger partial charge in [-0.05, 0) is 24.3 Å². The molecule has 5 rings (SSSR count). The predicted molar refractivity (Wildman–Crippen MR) is 108 cm³/mol. The number of hydrogen-bond acceptors (Lipinski definition) is 2. The first-order valence-electron chi connectivity index (χ1n) is 8.88. The number of ketones is 1. The van der Waals surface area contributed by atoms with Crippen molar-refractivity contribution in [1.29, 1.82) is 0 Å². The monoisotopic (exact) mass is 348 g/mol. The van der Waals surface area contributed by atoms with E-state index in [0.717, 1.165) is 27.6 Å². The van der Waals surface area contributed by atoms with Gasteiger partial charge in [-0.25, -0.2) is 4.98 Å². The zero-order valence-electron chi connectivity index (χ0n) is 14.5. The fourth-order valence-electron chi connectivity index (χ4n) is 3.67. The summed E-state index contributed by atoms with van der Waals surface area (Å²) in [5.41, 5.74) is 3.30. The zero-order valence-corrected chi connectivity index (χ0v) is 14.5. The molecule has 0 atom stereocenters. The molecule has 0 bridgehead atoms. The van der Waals surface area contributed by atoms with Crippen molar-refractivity contribution in [3.8, 4) is 5.82 Å². The highest BCUT2D eigenvalue weighted by atomic mass is 16.1. The highest BCUT2D eigenvalue weighted by molar-refractivity contribution is 6.21. The third-order valence-electron chi connectivity index (χ3n) is 4.85. The number of benzene rings is 3. The number of carbonyl (C=O) groups excluding carboxylic acids is 1. The van der Waals surface area contributed by atoms with E-state index in [9.17, 15) is 4.79 Å². The van der Waals surface area contributed by atoms with E-state index in [0.29, 0.717) is 11.1 Å². The van der Waals surface area contributed by atoms with Crippen molar-refractivity contribution in [2.45, 2.75) is 0 Å². The number of fused-ring (bicyclic) bond motifs is 3. The number of pyridine rings is 1. The molecule has 3 nitrogen and oxygen atoms in total. The average Bonchev–Trinajstić information content (AvgIpc) is 3.09. The van der Waals surface area contributed by atoms with Gasteiger partial charge in [0.25, 0.3) is 0 Å². The topological polar surface area (TPSA) is 34.9 Å². The Labute approximate surface area is 156 Å². The van der Waals surface area contributed by atoms with Crippen LogP contribution in [0.1, 0.15) is 15.9 Å². The highest BCUT2D eigenvalue weighted by Gasteiger charge is 2.19. The molecule has 0 amide bonds. The maximum Gasteiger partial charge on any atom is 0.195 e. The first-order chi connectivity index (χ1) is 13.3. The van der Waals surface area contributed by atoms with Crippen LogP contribution < -0.4 is 0 Å². The molecule has 27 heavy (non-hydrogen) atoms. The van der Waals surface area contributed by atoms with Gasteiger partial charge in [0.05, 0.1) is 11.0 Å². The molecule has 2 aromatic heterocycles. The van der Waals surface area contributed by atoms with Gasteiger partial charge in [-0.3, -0.25) is 9.36 Å². The minimum absolute atomic E-state index is 0.0150. The normalized spacial score (nSPS) is 11.1. The molecule has 0 aliphatic carbocycles. The van der Waals surface area contributed by atoms with Crippen LogP contribution in [0.15, 0.2) is 97.2 Å². The third kappa shape index (κ3) is 2.44. The summed E-state index contributed by atoms with van der Waals surface area (Å²) >= 11 is 0. The first-order valence-corrected chi connectivity index (χ1v) is 8.88. The van der Waals surface area contributed by atoms with Gasteiger partial charge in [0.15, 0.2) is 5.78 Å². The maximum atomic E-state index is 13.3. The van der Waals surface area contributed by atoms with Gasteiger partial charge in [0, 0.05) is 28.1 Å². The minimum atomic E-state index is 0.0150. The lowest BCUT2D eigenvalue weighted by Crippen LogP contribution is -2.05. The fourth-order valence-corrected chi connectivity index (χ4v) is 3.67. The van der Waals surface area contributed by atoms with E-state index in [1.54, 1.807) is 6.20 Å². The Hall–Kier alpha value is -3.72. The number of nitrogens with zero attached hydrogens (tertiary/aromatic N) is 2. The third-order valence-corrected chi connectivity index (χ3v) is 4.85. The van der Waals surface area contributed by atoms with E-state index in [2.05, 4.69) is 27.8 Å². The molecule has 0 radical (unpaired) electrons. The maximum absolute atomic E-state index is 13.3. The number of para-hydroxylation sites is 2. The molecule has 3 aromatic carbocycles. The average molecular weight is 348 g/mol. The van der Waals surface area contributed by atoms with Gasteiger partial charge in [0.1, 0.15) is 5.82 Å². The van der Waals surface area contributed by atoms with E-state index in [1.807, 2.05) is 72.8 Å². The van der Waals surface area contributed by atoms with Crippen LogP contribution in [0.4, 0.5) is 0 Å². The Morgan fingerprint density at radius 3 is 2.26 bits per heavy atom. The molecular weight excluding hydrogens is 332 g/mol. The summed E-state index contributed by atoms with van der Waals surface area (Å²) in [5.74, 6) is 0.818. The van der Waals surface area contributed by atoms with E-state index in [-0.39, 0.29) is 5.78 Å². The summed E-state index contributed by atoms with van der Waals surface area (Å²) in [5, 5.41) is 2.17. The molecule has 0 N–H and O–H groups in total. The second-order valence-electron chi connectivity index (χ2n) is 6.44. The lowest BCUT2D eigenvalue weighted by molar-refractivity contribution is 0.104. The molecule has 0 saturated carbocycles. The summed E-state index contributed by atoms with van der Waals surface area (Å²) in [6.45, 7) is 0.